The van der Waals surface area contributed by atoms with Gasteiger partial charge in [-0.2, -0.15) is 0 Å². The normalized spacial score (nSPS) is 15.9. The van der Waals surface area contributed by atoms with Crippen molar-refractivity contribution in [3.05, 3.63) is 23.9 Å². The van der Waals surface area contributed by atoms with E-state index in [1.54, 1.807) is 0 Å². The van der Waals surface area contributed by atoms with Gasteiger partial charge >= 0.3 is 0 Å². The van der Waals surface area contributed by atoms with E-state index >= 15 is 0 Å². The second kappa shape index (κ2) is 5.30. The second-order valence-corrected chi connectivity index (χ2v) is 4.85. The molecule has 16 heavy (non-hydrogen) atoms. The van der Waals surface area contributed by atoms with Crippen LogP contribution in [0.2, 0.25) is 0 Å². The third kappa shape index (κ3) is 2.95. The first kappa shape index (κ1) is 11.4. The molecule has 0 spiro atoms. The summed E-state index contributed by atoms with van der Waals surface area (Å²) >= 11 is 0. The van der Waals surface area contributed by atoms with Crippen LogP contribution in [0.4, 0.5) is 5.82 Å². The van der Waals surface area contributed by atoms with Crippen molar-refractivity contribution in [2.75, 3.05) is 25.5 Å². The maximum absolute atomic E-state index is 4.40. The Morgan fingerprint density at radius 2 is 2.19 bits per heavy atom. The van der Waals surface area contributed by atoms with Crippen molar-refractivity contribution in [2.45, 2.75) is 25.8 Å². The minimum absolute atomic E-state index is 0.925. The average molecular weight is 219 g/mol. The van der Waals surface area contributed by atoms with Gasteiger partial charge in [-0.3, -0.25) is 0 Å². The lowest BCUT2D eigenvalue weighted by Crippen LogP contribution is -2.26. The lowest BCUT2D eigenvalue weighted by molar-refractivity contribution is 0.301. The fourth-order valence-electron chi connectivity index (χ4n) is 1.90. The maximum atomic E-state index is 4.40. The first-order chi connectivity index (χ1) is 7.75. The Morgan fingerprint density at radius 3 is 2.69 bits per heavy atom. The lowest BCUT2D eigenvalue weighted by Gasteiger charge is -2.25. The molecule has 0 unspecified atom stereocenters. The van der Waals surface area contributed by atoms with E-state index in [9.17, 15) is 0 Å². The number of nitrogens with one attached hydrogen (secondary N) is 1. The van der Waals surface area contributed by atoms with E-state index in [2.05, 4.69) is 22.4 Å². The number of aromatic nitrogens is 1. The van der Waals surface area contributed by atoms with E-state index in [4.69, 9.17) is 0 Å². The molecule has 0 saturated heterocycles. The average Bonchev–Trinajstić information content (AvgIpc) is 2.22. The summed E-state index contributed by atoms with van der Waals surface area (Å²) in [6.45, 7) is 2.10. The fraction of sp³-hybridized carbons (Fsp3) is 0.615. The van der Waals surface area contributed by atoms with Gasteiger partial charge in [0.15, 0.2) is 0 Å². The van der Waals surface area contributed by atoms with E-state index in [1.807, 2.05) is 25.2 Å². The number of rotatable bonds is 5. The van der Waals surface area contributed by atoms with E-state index < -0.39 is 0 Å². The Bertz CT molecular complexity index is 314. The van der Waals surface area contributed by atoms with Crippen molar-refractivity contribution in [3.63, 3.8) is 0 Å². The van der Waals surface area contributed by atoms with Gasteiger partial charge in [-0.25, -0.2) is 4.98 Å². The maximum Gasteiger partial charge on any atom is 0.127 e. The number of anilines is 1. The van der Waals surface area contributed by atoms with Gasteiger partial charge in [0.25, 0.3) is 0 Å². The summed E-state index contributed by atoms with van der Waals surface area (Å²) in [5.74, 6) is 1.94. The predicted molar refractivity (Wildman–Crippen MR) is 67.6 cm³/mol. The molecule has 1 aliphatic carbocycles. The quantitative estimate of drug-likeness (QED) is 0.821. The molecule has 1 heterocycles. The highest BCUT2D eigenvalue weighted by Gasteiger charge is 2.16. The molecule has 1 saturated carbocycles. The SMILES string of the molecule is CN(C)c1ccc(CNCC2CCC2)cn1. The molecule has 1 aromatic rings. The van der Waals surface area contributed by atoms with Gasteiger partial charge in [0.2, 0.25) is 0 Å². The predicted octanol–water partition coefficient (Wildman–Crippen LogP) is 2.04. The number of hydrogen-bond acceptors (Lipinski definition) is 3. The minimum atomic E-state index is 0.925. The first-order valence-corrected chi connectivity index (χ1v) is 6.08. The second-order valence-electron chi connectivity index (χ2n) is 4.85. The van der Waals surface area contributed by atoms with Crippen LogP contribution >= 0.6 is 0 Å². The van der Waals surface area contributed by atoms with Crippen molar-refractivity contribution in [1.82, 2.24) is 10.3 Å². The van der Waals surface area contributed by atoms with Gasteiger partial charge in [-0.15, -0.1) is 0 Å². The molecule has 1 aromatic heterocycles. The molecule has 88 valence electrons. The van der Waals surface area contributed by atoms with Gasteiger partial charge < -0.3 is 10.2 Å². The monoisotopic (exact) mass is 219 g/mol. The van der Waals surface area contributed by atoms with Crippen LogP contribution in [0.5, 0.6) is 0 Å². The smallest absolute Gasteiger partial charge is 0.127 e. The molecular weight excluding hydrogens is 198 g/mol. The minimum Gasteiger partial charge on any atom is -0.363 e. The molecule has 1 aliphatic rings. The first-order valence-electron chi connectivity index (χ1n) is 6.08. The van der Waals surface area contributed by atoms with Crippen LogP contribution < -0.4 is 10.2 Å². The molecule has 1 fully saturated rings. The lowest BCUT2D eigenvalue weighted by atomic mass is 9.85. The van der Waals surface area contributed by atoms with Gasteiger partial charge in [-0.05, 0) is 36.9 Å². The molecule has 0 radical (unpaired) electrons. The Morgan fingerprint density at radius 1 is 1.38 bits per heavy atom. The van der Waals surface area contributed by atoms with Crippen LogP contribution in [-0.2, 0) is 6.54 Å². The van der Waals surface area contributed by atoms with E-state index in [1.165, 1.54) is 24.8 Å². The molecule has 0 atom stereocenters. The summed E-state index contributed by atoms with van der Waals surface area (Å²) in [5.41, 5.74) is 1.27. The third-order valence-electron chi connectivity index (χ3n) is 3.25. The molecule has 3 nitrogen and oxygen atoms in total. The molecule has 3 heteroatoms. The van der Waals surface area contributed by atoms with Gasteiger partial charge in [0.05, 0.1) is 0 Å². The topological polar surface area (TPSA) is 28.2 Å². The van der Waals surface area contributed by atoms with Gasteiger partial charge in [0.1, 0.15) is 5.82 Å². The van der Waals surface area contributed by atoms with Crippen molar-refractivity contribution >= 4 is 5.82 Å². The Labute approximate surface area is 97.9 Å². The highest BCUT2D eigenvalue weighted by atomic mass is 15.1. The number of nitrogens with zero attached hydrogens (tertiary/aromatic N) is 2. The zero-order chi connectivity index (χ0) is 11.4. The Balaban J connectivity index is 1.75. The number of hydrogen-bond donors (Lipinski definition) is 1. The third-order valence-corrected chi connectivity index (χ3v) is 3.25. The van der Waals surface area contributed by atoms with Crippen molar-refractivity contribution in [2.24, 2.45) is 5.92 Å². The summed E-state index contributed by atoms with van der Waals surface area (Å²) in [6.07, 6.45) is 6.20. The summed E-state index contributed by atoms with van der Waals surface area (Å²) < 4.78 is 0. The van der Waals surface area contributed by atoms with Crippen LogP contribution in [0.15, 0.2) is 18.3 Å². The van der Waals surface area contributed by atoms with Gasteiger partial charge in [-0.1, -0.05) is 12.5 Å². The molecule has 2 rings (SSSR count). The van der Waals surface area contributed by atoms with Crippen molar-refractivity contribution < 1.29 is 0 Å². The largest absolute Gasteiger partial charge is 0.363 e. The van der Waals surface area contributed by atoms with Crippen molar-refractivity contribution in [1.29, 1.82) is 0 Å². The zero-order valence-corrected chi connectivity index (χ0v) is 10.2. The zero-order valence-electron chi connectivity index (χ0n) is 10.2. The van der Waals surface area contributed by atoms with E-state index in [0.717, 1.165) is 24.8 Å². The van der Waals surface area contributed by atoms with E-state index in [-0.39, 0.29) is 0 Å². The van der Waals surface area contributed by atoms with Crippen LogP contribution in [0.1, 0.15) is 24.8 Å². The van der Waals surface area contributed by atoms with Crippen LogP contribution in [0.3, 0.4) is 0 Å². The van der Waals surface area contributed by atoms with Gasteiger partial charge in [0, 0.05) is 26.8 Å². The number of pyridine rings is 1. The van der Waals surface area contributed by atoms with E-state index in [0.29, 0.717) is 0 Å². The summed E-state index contributed by atoms with van der Waals surface area (Å²) in [4.78, 5) is 6.42. The Kier molecular flexibility index (Phi) is 3.78. The Hall–Kier alpha value is -1.09. The van der Waals surface area contributed by atoms with Crippen LogP contribution in [0.25, 0.3) is 0 Å². The van der Waals surface area contributed by atoms with Crippen LogP contribution in [-0.4, -0.2) is 25.6 Å². The fourth-order valence-corrected chi connectivity index (χ4v) is 1.90. The summed E-state index contributed by atoms with van der Waals surface area (Å²) in [5, 5.41) is 3.50. The molecule has 0 aliphatic heterocycles. The van der Waals surface area contributed by atoms with Crippen LogP contribution in [0, 0.1) is 5.92 Å². The molecule has 0 aromatic carbocycles. The molecule has 0 amide bonds. The molecule has 0 bridgehead atoms. The summed E-state index contributed by atoms with van der Waals surface area (Å²) in [7, 11) is 4.02. The highest BCUT2D eigenvalue weighted by molar-refractivity contribution is 5.37. The standard InChI is InChI=1S/C13H21N3/c1-16(2)13-7-6-12(10-15-13)9-14-8-11-4-3-5-11/h6-7,10-11,14H,3-5,8-9H2,1-2H3. The summed E-state index contributed by atoms with van der Waals surface area (Å²) in [6, 6.07) is 4.22. The highest BCUT2D eigenvalue weighted by Crippen LogP contribution is 2.25. The van der Waals surface area contributed by atoms with Crippen molar-refractivity contribution in [3.8, 4) is 0 Å². The molecule has 1 N–H and O–H groups in total. The molecular formula is C13H21N3.